The van der Waals surface area contributed by atoms with Crippen molar-refractivity contribution < 1.29 is 4.79 Å². The van der Waals surface area contributed by atoms with Crippen molar-refractivity contribution in [2.45, 2.75) is 13.5 Å². The minimum atomic E-state index is -0.0390. The standard InChI is InChI=1S/C17H18N4O/c1-11(22)17-15-7-13(4-5-16(15)19-20-17)14-6-12(8-18-9-14)10-21(2)3/h4-9H,10H2,1-3H3,(H,19,20). The first-order valence-corrected chi connectivity index (χ1v) is 7.12. The number of aromatic nitrogens is 3. The summed E-state index contributed by atoms with van der Waals surface area (Å²) in [6, 6.07) is 8.08. The zero-order valence-electron chi connectivity index (χ0n) is 12.9. The lowest BCUT2D eigenvalue weighted by molar-refractivity contribution is 0.101. The fourth-order valence-electron chi connectivity index (χ4n) is 2.56. The zero-order chi connectivity index (χ0) is 15.7. The van der Waals surface area contributed by atoms with E-state index in [0.717, 1.165) is 34.1 Å². The summed E-state index contributed by atoms with van der Waals surface area (Å²) in [4.78, 5) is 18.1. The fourth-order valence-corrected chi connectivity index (χ4v) is 2.56. The Morgan fingerprint density at radius 3 is 2.73 bits per heavy atom. The van der Waals surface area contributed by atoms with Gasteiger partial charge in [-0.15, -0.1) is 0 Å². The molecule has 0 atom stereocenters. The summed E-state index contributed by atoms with van der Waals surface area (Å²) >= 11 is 0. The normalized spacial score (nSPS) is 11.3. The number of Topliss-reactive ketones (excluding diaryl/α,β-unsaturated/α-hetero) is 1. The van der Waals surface area contributed by atoms with Crippen LogP contribution >= 0.6 is 0 Å². The number of aromatic amines is 1. The first-order valence-electron chi connectivity index (χ1n) is 7.12. The predicted molar refractivity (Wildman–Crippen MR) is 86.7 cm³/mol. The number of benzene rings is 1. The molecule has 0 fully saturated rings. The first kappa shape index (κ1) is 14.4. The van der Waals surface area contributed by atoms with E-state index in [1.165, 1.54) is 6.92 Å². The summed E-state index contributed by atoms with van der Waals surface area (Å²) in [5.74, 6) is -0.0390. The van der Waals surface area contributed by atoms with Crippen molar-refractivity contribution in [1.29, 1.82) is 0 Å². The Balaban J connectivity index is 2.06. The highest BCUT2D eigenvalue weighted by Gasteiger charge is 2.11. The molecule has 5 heteroatoms. The topological polar surface area (TPSA) is 61.9 Å². The highest BCUT2D eigenvalue weighted by Crippen LogP contribution is 2.25. The number of pyridine rings is 1. The van der Waals surface area contributed by atoms with E-state index in [0.29, 0.717) is 5.69 Å². The van der Waals surface area contributed by atoms with Gasteiger partial charge in [0.05, 0.1) is 5.52 Å². The number of rotatable bonds is 4. The van der Waals surface area contributed by atoms with E-state index in [2.05, 4.69) is 26.1 Å². The van der Waals surface area contributed by atoms with E-state index in [-0.39, 0.29) is 5.78 Å². The second-order valence-corrected chi connectivity index (χ2v) is 5.71. The van der Waals surface area contributed by atoms with Crippen LogP contribution in [0.3, 0.4) is 0 Å². The third kappa shape index (κ3) is 2.76. The molecule has 0 saturated heterocycles. The van der Waals surface area contributed by atoms with Crippen molar-refractivity contribution in [3.8, 4) is 11.1 Å². The van der Waals surface area contributed by atoms with Crippen LogP contribution in [0.4, 0.5) is 0 Å². The predicted octanol–water partition coefficient (Wildman–Crippen LogP) is 2.89. The lowest BCUT2D eigenvalue weighted by Crippen LogP contribution is -2.10. The van der Waals surface area contributed by atoms with Gasteiger partial charge in [-0.3, -0.25) is 14.9 Å². The van der Waals surface area contributed by atoms with E-state index in [1.54, 1.807) is 0 Å². The van der Waals surface area contributed by atoms with Crippen LogP contribution in [0.15, 0.2) is 36.7 Å². The van der Waals surface area contributed by atoms with Crippen LogP contribution in [0.25, 0.3) is 22.0 Å². The van der Waals surface area contributed by atoms with Gasteiger partial charge in [0.1, 0.15) is 5.69 Å². The molecule has 1 aromatic carbocycles. The van der Waals surface area contributed by atoms with Gasteiger partial charge >= 0.3 is 0 Å². The molecule has 0 saturated carbocycles. The number of carbonyl (C=O) groups is 1. The van der Waals surface area contributed by atoms with E-state index >= 15 is 0 Å². The molecular weight excluding hydrogens is 276 g/mol. The second kappa shape index (κ2) is 5.69. The average molecular weight is 294 g/mol. The summed E-state index contributed by atoms with van der Waals surface area (Å²) < 4.78 is 0. The number of hydrogen-bond acceptors (Lipinski definition) is 4. The SMILES string of the molecule is CC(=O)c1n[nH]c2ccc(-c3cncc(CN(C)C)c3)cc12. The molecular formula is C17H18N4O. The summed E-state index contributed by atoms with van der Waals surface area (Å²) in [5, 5.41) is 7.83. The molecule has 0 amide bonds. The van der Waals surface area contributed by atoms with Gasteiger partial charge < -0.3 is 4.90 Å². The largest absolute Gasteiger partial charge is 0.305 e. The van der Waals surface area contributed by atoms with Crippen LogP contribution < -0.4 is 0 Å². The van der Waals surface area contributed by atoms with Gasteiger partial charge in [-0.2, -0.15) is 5.10 Å². The van der Waals surface area contributed by atoms with Gasteiger partial charge in [0, 0.05) is 36.8 Å². The Kier molecular flexibility index (Phi) is 3.73. The Hall–Kier alpha value is -2.53. The maximum atomic E-state index is 11.6. The Labute approximate surface area is 129 Å². The first-order chi connectivity index (χ1) is 10.5. The van der Waals surface area contributed by atoms with Crippen molar-refractivity contribution in [2.24, 2.45) is 0 Å². The van der Waals surface area contributed by atoms with Crippen molar-refractivity contribution in [2.75, 3.05) is 14.1 Å². The van der Waals surface area contributed by atoms with Crippen LogP contribution in [0.1, 0.15) is 23.0 Å². The third-order valence-corrected chi connectivity index (χ3v) is 3.52. The smallest absolute Gasteiger partial charge is 0.180 e. The van der Waals surface area contributed by atoms with E-state index in [4.69, 9.17) is 0 Å². The maximum absolute atomic E-state index is 11.6. The summed E-state index contributed by atoms with van der Waals surface area (Å²) in [6.45, 7) is 2.37. The summed E-state index contributed by atoms with van der Waals surface area (Å²) in [6.07, 6.45) is 3.72. The van der Waals surface area contributed by atoms with Gasteiger partial charge in [-0.05, 0) is 43.4 Å². The van der Waals surface area contributed by atoms with Crippen LogP contribution in [-0.4, -0.2) is 40.0 Å². The van der Waals surface area contributed by atoms with Crippen LogP contribution in [0, 0.1) is 0 Å². The molecule has 0 unspecified atom stereocenters. The van der Waals surface area contributed by atoms with Gasteiger partial charge in [-0.25, -0.2) is 0 Å². The molecule has 2 aromatic heterocycles. The van der Waals surface area contributed by atoms with E-state index < -0.39 is 0 Å². The Morgan fingerprint density at radius 1 is 1.18 bits per heavy atom. The van der Waals surface area contributed by atoms with Crippen molar-refractivity contribution in [3.63, 3.8) is 0 Å². The number of H-pyrrole nitrogens is 1. The molecule has 0 bridgehead atoms. The Bertz CT molecular complexity index is 836. The molecule has 0 aliphatic rings. The molecule has 0 aliphatic carbocycles. The molecule has 0 spiro atoms. The number of ketones is 1. The van der Waals surface area contributed by atoms with Crippen LogP contribution in [0.5, 0.6) is 0 Å². The molecule has 22 heavy (non-hydrogen) atoms. The van der Waals surface area contributed by atoms with Gasteiger partial charge in [-0.1, -0.05) is 6.07 Å². The number of nitrogens with one attached hydrogen (secondary N) is 1. The van der Waals surface area contributed by atoms with Gasteiger partial charge in [0.15, 0.2) is 5.78 Å². The highest BCUT2D eigenvalue weighted by atomic mass is 16.1. The third-order valence-electron chi connectivity index (χ3n) is 3.52. The minimum Gasteiger partial charge on any atom is -0.305 e. The zero-order valence-corrected chi connectivity index (χ0v) is 12.9. The highest BCUT2D eigenvalue weighted by molar-refractivity contribution is 6.05. The second-order valence-electron chi connectivity index (χ2n) is 5.71. The molecule has 2 heterocycles. The molecule has 5 nitrogen and oxygen atoms in total. The van der Waals surface area contributed by atoms with Crippen molar-refractivity contribution in [3.05, 3.63) is 47.9 Å². The molecule has 0 radical (unpaired) electrons. The molecule has 3 rings (SSSR count). The molecule has 0 aliphatic heterocycles. The average Bonchev–Trinajstić information content (AvgIpc) is 2.90. The van der Waals surface area contributed by atoms with E-state index in [1.807, 2.05) is 44.7 Å². The minimum absolute atomic E-state index is 0.0390. The Morgan fingerprint density at radius 2 is 2.00 bits per heavy atom. The van der Waals surface area contributed by atoms with Gasteiger partial charge in [0.25, 0.3) is 0 Å². The number of hydrogen-bond donors (Lipinski definition) is 1. The summed E-state index contributed by atoms with van der Waals surface area (Å²) in [7, 11) is 4.06. The fraction of sp³-hybridized carbons (Fsp3) is 0.235. The monoisotopic (exact) mass is 294 g/mol. The number of nitrogens with zero attached hydrogens (tertiary/aromatic N) is 3. The van der Waals surface area contributed by atoms with E-state index in [9.17, 15) is 4.79 Å². The maximum Gasteiger partial charge on any atom is 0.180 e. The lowest BCUT2D eigenvalue weighted by atomic mass is 10.0. The van der Waals surface area contributed by atoms with Crippen LogP contribution in [-0.2, 0) is 6.54 Å². The number of carbonyl (C=O) groups excluding carboxylic acids is 1. The molecule has 3 aromatic rings. The quantitative estimate of drug-likeness (QED) is 0.752. The summed E-state index contributed by atoms with van der Waals surface area (Å²) in [5.41, 5.74) is 4.57. The number of fused-ring (bicyclic) bond motifs is 1. The lowest BCUT2D eigenvalue weighted by Gasteiger charge is -2.10. The van der Waals surface area contributed by atoms with Crippen molar-refractivity contribution >= 4 is 16.7 Å². The van der Waals surface area contributed by atoms with Crippen LogP contribution in [0.2, 0.25) is 0 Å². The molecule has 112 valence electrons. The van der Waals surface area contributed by atoms with Gasteiger partial charge in [0.2, 0.25) is 0 Å². The van der Waals surface area contributed by atoms with Crippen molar-refractivity contribution in [1.82, 2.24) is 20.1 Å². The molecule has 1 N–H and O–H groups in total.